The van der Waals surface area contributed by atoms with E-state index in [-0.39, 0.29) is 12.6 Å². The fraction of sp³-hybridized carbons (Fsp3) is 0.950. The summed E-state index contributed by atoms with van der Waals surface area (Å²) in [6, 6.07) is 0. The van der Waals surface area contributed by atoms with E-state index < -0.39 is 6.10 Å². The van der Waals surface area contributed by atoms with E-state index in [1.54, 1.807) is 6.92 Å². The molecule has 0 saturated carbocycles. The highest BCUT2D eigenvalue weighted by Gasteiger charge is 2.11. The number of rotatable bonds is 18. The molecule has 0 aliphatic heterocycles. The molecule has 1 atom stereocenters. The molecular weight excluding hydrogens is 304 g/mol. The van der Waals surface area contributed by atoms with E-state index >= 15 is 0 Å². The number of aliphatic hydroxyl groups is 1. The van der Waals surface area contributed by atoms with Crippen molar-refractivity contribution in [2.24, 2.45) is 0 Å². The summed E-state index contributed by atoms with van der Waals surface area (Å²) in [6.45, 7) is 4.79. The van der Waals surface area contributed by atoms with Crippen LogP contribution in [-0.4, -0.2) is 37.0 Å². The first kappa shape index (κ1) is 23.4. The maximum atomic E-state index is 11.1. The van der Waals surface area contributed by atoms with Gasteiger partial charge in [0.2, 0.25) is 0 Å². The van der Waals surface area contributed by atoms with Crippen LogP contribution in [0.25, 0.3) is 0 Å². The molecule has 24 heavy (non-hydrogen) atoms. The van der Waals surface area contributed by atoms with Crippen molar-refractivity contribution in [1.82, 2.24) is 0 Å². The van der Waals surface area contributed by atoms with Crippen LogP contribution in [0, 0.1) is 0 Å². The molecule has 0 aliphatic carbocycles. The second-order valence-electron chi connectivity index (χ2n) is 6.61. The number of aliphatic hydroxyl groups excluding tert-OH is 1. The summed E-state index contributed by atoms with van der Waals surface area (Å²) in [5.41, 5.74) is 0. The van der Waals surface area contributed by atoms with Crippen LogP contribution in [0.1, 0.15) is 97.3 Å². The molecule has 144 valence electrons. The number of hydrogen-bond donors (Lipinski definition) is 1. The smallest absolute Gasteiger partial charge is 0.305 e. The molecule has 0 aliphatic rings. The van der Waals surface area contributed by atoms with Crippen LogP contribution in [0.2, 0.25) is 0 Å². The first-order valence-electron chi connectivity index (χ1n) is 10.1. The molecule has 1 N–H and O–H groups in total. The minimum absolute atomic E-state index is 0.176. The van der Waals surface area contributed by atoms with Gasteiger partial charge in [-0.05, 0) is 6.42 Å². The zero-order chi connectivity index (χ0) is 17.9. The lowest BCUT2D eigenvalue weighted by Gasteiger charge is -2.15. The second kappa shape index (κ2) is 18.7. The SMILES string of the molecule is CCCCCCCCCCCCCCOCC(CO)OC(=O)CC. The van der Waals surface area contributed by atoms with E-state index in [1.165, 1.54) is 70.6 Å². The van der Waals surface area contributed by atoms with E-state index in [1.807, 2.05) is 0 Å². The van der Waals surface area contributed by atoms with Gasteiger partial charge < -0.3 is 14.6 Å². The lowest BCUT2D eigenvalue weighted by molar-refractivity contribution is -0.154. The number of ether oxygens (including phenoxy) is 2. The third-order valence-electron chi connectivity index (χ3n) is 4.24. The Morgan fingerprint density at radius 2 is 1.33 bits per heavy atom. The van der Waals surface area contributed by atoms with Crippen LogP contribution >= 0.6 is 0 Å². The highest BCUT2D eigenvalue weighted by Crippen LogP contribution is 2.12. The van der Waals surface area contributed by atoms with Gasteiger partial charge in [-0.25, -0.2) is 0 Å². The minimum Gasteiger partial charge on any atom is -0.457 e. The molecule has 4 heteroatoms. The lowest BCUT2D eigenvalue weighted by atomic mass is 10.1. The maximum Gasteiger partial charge on any atom is 0.305 e. The lowest BCUT2D eigenvalue weighted by Crippen LogP contribution is -2.27. The molecule has 0 aromatic carbocycles. The molecule has 0 spiro atoms. The highest BCUT2D eigenvalue weighted by molar-refractivity contribution is 5.69. The zero-order valence-electron chi connectivity index (χ0n) is 16.1. The zero-order valence-corrected chi connectivity index (χ0v) is 16.1. The van der Waals surface area contributed by atoms with Gasteiger partial charge in [-0.2, -0.15) is 0 Å². The second-order valence-corrected chi connectivity index (χ2v) is 6.61. The van der Waals surface area contributed by atoms with Crippen molar-refractivity contribution in [3.63, 3.8) is 0 Å². The molecule has 0 rings (SSSR count). The largest absolute Gasteiger partial charge is 0.457 e. The normalized spacial score (nSPS) is 12.3. The van der Waals surface area contributed by atoms with Crippen molar-refractivity contribution in [3.05, 3.63) is 0 Å². The molecule has 1 unspecified atom stereocenters. The standard InChI is InChI=1S/C20H40O4/c1-3-5-6-7-8-9-10-11-12-13-14-15-16-23-18-19(17-21)24-20(22)4-2/h19,21H,3-18H2,1-2H3. The molecule has 4 nitrogen and oxygen atoms in total. The van der Waals surface area contributed by atoms with Gasteiger partial charge >= 0.3 is 5.97 Å². The van der Waals surface area contributed by atoms with Gasteiger partial charge in [0, 0.05) is 13.0 Å². The summed E-state index contributed by atoms with van der Waals surface area (Å²) in [7, 11) is 0. The summed E-state index contributed by atoms with van der Waals surface area (Å²) >= 11 is 0. The molecule has 0 bridgehead atoms. The monoisotopic (exact) mass is 344 g/mol. The Hall–Kier alpha value is -0.610. The summed E-state index contributed by atoms with van der Waals surface area (Å²) in [5.74, 6) is -0.289. The van der Waals surface area contributed by atoms with Gasteiger partial charge in [0.05, 0.1) is 13.2 Å². The third kappa shape index (κ3) is 16.3. The average Bonchev–Trinajstić information content (AvgIpc) is 2.60. The van der Waals surface area contributed by atoms with E-state index in [9.17, 15) is 4.79 Å². The molecular formula is C20H40O4. The molecule has 0 radical (unpaired) electrons. The summed E-state index contributed by atoms with van der Waals surface area (Å²) in [4.78, 5) is 11.1. The number of unbranched alkanes of at least 4 members (excludes halogenated alkanes) is 11. The molecule has 0 amide bonds. The van der Waals surface area contributed by atoms with Crippen LogP contribution < -0.4 is 0 Å². The predicted molar refractivity (Wildman–Crippen MR) is 99.2 cm³/mol. The Balaban J connectivity index is 3.23. The Morgan fingerprint density at radius 3 is 1.79 bits per heavy atom. The minimum atomic E-state index is -0.519. The fourth-order valence-electron chi connectivity index (χ4n) is 2.65. The van der Waals surface area contributed by atoms with Crippen molar-refractivity contribution in [2.45, 2.75) is 103 Å². The van der Waals surface area contributed by atoms with Gasteiger partial charge in [0.25, 0.3) is 0 Å². The Bertz CT molecular complexity index is 268. The molecule has 0 aromatic heterocycles. The Morgan fingerprint density at radius 1 is 0.833 bits per heavy atom. The van der Waals surface area contributed by atoms with Crippen LogP contribution in [-0.2, 0) is 14.3 Å². The van der Waals surface area contributed by atoms with E-state index in [4.69, 9.17) is 14.6 Å². The first-order valence-corrected chi connectivity index (χ1v) is 10.1. The van der Waals surface area contributed by atoms with Crippen LogP contribution in [0.3, 0.4) is 0 Å². The van der Waals surface area contributed by atoms with E-state index in [2.05, 4.69) is 6.92 Å². The van der Waals surface area contributed by atoms with Crippen molar-refractivity contribution in [1.29, 1.82) is 0 Å². The Kier molecular flexibility index (Phi) is 18.2. The Labute approximate surface area is 149 Å². The molecule has 0 aromatic rings. The van der Waals surface area contributed by atoms with Gasteiger partial charge in [0.15, 0.2) is 0 Å². The number of esters is 1. The van der Waals surface area contributed by atoms with E-state index in [0.717, 1.165) is 6.42 Å². The van der Waals surface area contributed by atoms with Crippen molar-refractivity contribution in [3.8, 4) is 0 Å². The van der Waals surface area contributed by atoms with Crippen molar-refractivity contribution >= 4 is 5.97 Å². The summed E-state index contributed by atoms with van der Waals surface area (Å²) in [6.07, 6.45) is 15.7. The van der Waals surface area contributed by atoms with Gasteiger partial charge in [-0.3, -0.25) is 4.79 Å². The van der Waals surface area contributed by atoms with Gasteiger partial charge in [-0.1, -0.05) is 84.5 Å². The predicted octanol–water partition coefficient (Wildman–Crippen LogP) is 5.02. The topological polar surface area (TPSA) is 55.8 Å². The van der Waals surface area contributed by atoms with Crippen molar-refractivity contribution < 1.29 is 19.4 Å². The highest BCUT2D eigenvalue weighted by atomic mass is 16.6. The number of carbonyl (C=O) groups is 1. The van der Waals surface area contributed by atoms with Crippen LogP contribution in [0.15, 0.2) is 0 Å². The molecule has 0 heterocycles. The van der Waals surface area contributed by atoms with Gasteiger partial charge in [-0.15, -0.1) is 0 Å². The molecule has 0 saturated heterocycles. The van der Waals surface area contributed by atoms with Crippen LogP contribution in [0.5, 0.6) is 0 Å². The summed E-state index contributed by atoms with van der Waals surface area (Å²) < 4.78 is 10.5. The fourth-order valence-corrected chi connectivity index (χ4v) is 2.65. The summed E-state index contributed by atoms with van der Waals surface area (Å²) in [5, 5.41) is 9.12. The third-order valence-corrected chi connectivity index (χ3v) is 4.24. The van der Waals surface area contributed by atoms with Crippen LogP contribution in [0.4, 0.5) is 0 Å². The first-order chi connectivity index (χ1) is 11.7. The quantitative estimate of drug-likeness (QED) is 0.280. The average molecular weight is 345 g/mol. The number of carbonyl (C=O) groups excluding carboxylic acids is 1. The van der Waals surface area contributed by atoms with Gasteiger partial charge in [0.1, 0.15) is 6.10 Å². The maximum absolute atomic E-state index is 11.1. The van der Waals surface area contributed by atoms with Crippen molar-refractivity contribution in [2.75, 3.05) is 19.8 Å². The number of hydrogen-bond acceptors (Lipinski definition) is 4. The van der Waals surface area contributed by atoms with E-state index in [0.29, 0.717) is 19.6 Å². The molecule has 0 fully saturated rings.